The van der Waals surface area contributed by atoms with E-state index < -0.39 is 10.0 Å². The Hall–Kier alpha value is -0.660. The Morgan fingerprint density at radius 1 is 1.40 bits per heavy atom. The number of thiophene rings is 1. The first kappa shape index (κ1) is 14.3. The molecular formula is C13H14ClNO3S2. The lowest BCUT2D eigenvalue weighted by Gasteiger charge is -2.20. The van der Waals surface area contributed by atoms with Crippen LogP contribution in [-0.4, -0.2) is 37.0 Å². The van der Waals surface area contributed by atoms with Crippen LogP contribution >= 0.6 is 22.9 Å². The maximum Gasteiger partial charge on any atom is 0.244 e. The van der Waals surface area contributed by atoms with Crippen LogP contribution in [0.1, 0.15) is 12.8 Å². The lowest BCUT2D eigenvalue weighted by atomic mass is 10.3. The molecule has 0 amide bonds. The van der Waals surface area contributed by atoms with E-state index in [2.05, 4.69) is 0 Å². The fourth-order valence-corrected chi connectivity index (χ4v) is 5.56. The Balaban J connectivity index is 2.10. The van der Waals surface area contributed by atoms with Gasteiger partial charge in [0.05, 0.1) is 6.61 Å². The second kappa shape index (κ2) is 5.27. The molecule has 0 aliphatic heterocycles. The van der Waals surface area contributed by atoms with E-state index in [1.165, 1.54) is 15.6 Å². The fourth-order valence-electron chi connectivity index (χ4n) is 2.26. The molecule has 7 heteroatoms. The Morgan fingerprint density at radius 2 is 2.15 bits per heavy atom. The highest BCUT2D eigenvalue weighted by molar-refractivity contribution is 7.89. The summed E-state index contributed by atoms with van der Waals surface area (Å²) in [5, 5.41) is 11.9. The van der Waals surface area contributed by atoms with Crippen molar-refractivity contribution in [3.05, 3.63) is 28.6 Å². The SMILES string of the molecule is O=S(=O)(c1csc2ccc(Cl)cc12)N(CCO)C1CC1. The summed E-state index contributed by atoms with van der Waals surface area (Å²) < 4.78 is 27.8. The summed E-state index contributed by atoms with van der Waals surface area (Å²) in [5.74, 6) is 0. The summed E-state index contributed by atoms with van der Waals surface area (Å²) in [6.07, 6.45) is 1.73. The second-order valence-corrected chi connectivity index (χ2v) is 8.02. The number of benzene rings is 1. The summed E-state index contributed by atoms with van der Waals surface area (Å²) >= 11 is 7.36. The molecule has 1 aliphatic carbocycles. The Kier molecular flexibility index (Phi) is 3.77. The highest BCUT2D eigenvalue weighted by atomic mass is 35.5. The largest absolute Gasteiger partial charge is 0.395 e. The maximum absolute atomic E-state index is 12.8. The van der Waals surface area contributed by atoms with Gasteiger partial charge in [-0.1, -0.05) is 11.6 Å². The Bertz CT molecular complexity index is 737. The van der Waals surface area contributed by atoms with E-state index in [9.17, 15) is 8.42 Å². The van der Waals surface area contributed by atoms with Crippen LogP contribution in [0.3, 0.4) is 0 Å². The third kappa shape index (κ3) is 2.46. The number of hydrogen-bond acceptors (Lipinski definition) is 4. The van der Waals surface area contributed by atoms with Crippen LogP contribution in [0.4, 0.5) is 0 Å². The van der Waals surface area contributed by atoms with Crippen molar-refractivity contribution in [2.45, 2.75) is 23.8 Å². The van der Waals surface area contributed by atoms with Crippen molar-refractivity contribution in [3.63, 3.8) is 0 Å². The van der Waals surface area contributed by atoms with Gasteiger partial charge < -0.3 is 5.11 Å². The van der Waals surface area contributed by atoms with Crippen molar-refractivity contribution in [2.24, 2.45) is 0 Å². The first-order chi connectivity index (χ1) is 9.54. The molecule has 4 nitrogen and oxygen atoms in total. The number of halogens is 1. The second-order valence-electron chi connectivity index (χ2n) is 4.81. The molecule has 0 spiro atoms. The monoisotopic (exact) mass is 331 g/mol. The molecule has 0 saturated heterocycles. The van der Waals surface area contributed by atoms with Crippen LogP contribution in [0.2, 0.25) is 5.02 Å². The molecular weight excluding hydrogens is 318 g/mol. The number of fused-ring (bicyclic) bond motifs is 1. The van der Waals surface area contributed by atoms with Gasteiger partial charge in [0, 0.05) is 33.1 Å². The average molecular weight is 332 g/mol. The van der Waals surface area contributed by atoms with Crippen LogP contribution in [0.25, 0.3) is 10.1 Å². The van der Waals surface area contributed by atoms with Gasteiger partial charge in [0.15, 0.2) is 0 Å². The maximum atomic E-state index is 12.8. The van der Waals surface area contributed by atoms with Crippen molar-refractivity contribution in [3.8, 4) is 0 Å². The standard InChI is InChI=1S/C13H14ClNO3S2/c14-9-1-4-12-11(7-9)13(8-19-12)20(17,18)15(5-6-16)10-2-3-10/h1,4,7-8,10,16H,2-3,5-6H2. The van der Waals surface area contributed by atoms with Crippen molar-refractivity contribution in [1.29, 1.82) is 0 Å². The van der Waals surface area contributed by atoms with Gasteiger partial charge in [0.25, 0.3) is 0 Å². The Labute approximate surface area is 126 Å². The molecule has 108 valence electrons. The van der Waals surface area contributed by atoms with E-state index in [0.29, 0.717) is 15.3 Å². The smallest absolute Gasteiger partial charge is 0.244 e. The summed E-state index contributed by atoms with van der Waals surface area (Å²) in [4.78, 5) is 0.292. The third-order valence-corrected chi connectivity index (χ3v) is 6.70. The molecule has 1 saturated carbocycles. The van der Waals surface area contributed by atoms with Gasteiger partial charge in [-0.3, -0.25) is 0 Å². The van der Waals surface area contributed by atoms with Crippen LogP contribution in [0, 0.1) is 0 Å². The average Bonchev–Trinajstić information content (AvgIpc) is 3.14. The number of nitrogens with zero attached hydrogens (tertiary/aromatic N) is 1. The van der Waals surface area contributed by atoms with Crippen molar-refractivity contribution < 1.29 is 13.5 Å². The minimum absolute atomic E-state index is 0.0290. The van der Waals surface area contributed by atoms with Gasteiger partial charge in [0.1, 0.15) is 4.90 Å². The molecule has 3 rings (SSSR count). The van der Waals surface area contributed by atoms with Gasteiger partial charge in [-0.05, 0) is 31.0 Å². The predicted octanol–water partition coefficient (Wildman–Crippen LogP) is 2.70. The zero-order chi connectivity index (χ0) is 14.3. The van der Waals surface area contributed by atoms with Crippen LogP contribution in [0.5, 0.6) is 0 Å². The number of aliphatic hydroxyl groups excluding tert-OH is 1. The summed E-state index contributed by atoms with van der Waals surface area (Å²) in [6.45, 7) is -0.0243. The third-order valence-electron chi connectivity index (χ3n) is 3.36. The fraction of sp³-hybridized carbons (Fsp3) is 0.385. The van der Waals surface area contributed by atoms with Crippen LogP contribution < -0.4 is 0 Å². The molecule has 1 fully saturated rings. The van der Waals surface area contributed by atoms with E-state index in [1.807, 2.05) is 6.07 Å². The van der Waals surface area contributed by atoms with Gasteiger partial charge in [0.2, 0.25) is 10.0 Å². The lowest BCUT2D eigenvalue weighted by Crippen LogP contribution is -2.35. The topological polar surface area (TPSA) is 57.6 Å². The molecule has 0 radical (unpaired) electrons. The van der Waals surface area contributed by atoms with E-state index in [-0.39, 0.29) is 19.2 Å². The van der Waals surface area contributed by atoms with E-state index >= 15 is 0 Å². The van der Waals surface area contributed by atoms with E-state index in [0.717, 1.165) is 17.5 Å². The molecule has 1 heterocycles. The zero-order valence-electron chi connectivity index (χ0n) is 10.6. The summed E-state index contributed by atoms with van der Waals surface area (Å²) in [6, 6.07) is 5.30. The van der Waals surface area contributed by atoms with E-state index in [4.69, 9.17) is 16.7 Å². The van der Waals surface area contributed by atoms with Crippen molar-refractivity contribution in [1.82, 2.24) is 4.31 Å². The number of aliphatic hydroxyl groups is 1. The molecule has 0 unspecified atom stereocenters. The normalized spacial score (nSPS) is 16.1. The molecule has 20 heavy (non-hydrogen) atoms. The number of hydrogen-bond donors (Lipinski definition) is 1. The molecule has 0 bridgehead atoms. The molecule has 1 aliphatic rings. The first-order valence-electron chi connectivity index (χ1n) is 6.33. The quantitative estimate of drug-likeness (QED) is 0.916. The predicted molar refractivity (Wildman–Crippen MR) is 80.8 cm³/mol. The first-order valence-corrected chi connectivity index (χ1v) is 9.03. The van der Waals surface area contributed by atoms with Crippen molar-refractivity contribution in [2.75, 3.05) is 13.2 Å². The lowest BCUT2D eigenvalue weighted by molar-refractivity contribution is 0.250. The van der Waals surface area contributed by atoms with Crippen molar-refractivity contribution >= 4 is 43.0 Å². The molecule has 1 aromatic carbocycles. The summed E-state index contributed by atoms with van der Waals surface area (Å²) in [7, 11) is -3.57. The van der Waals surface area contributed by atoms with Gasteiger partial charge in [-0.2, -0.15) is 4.31 Å². The van der Waals surface area contributed by atoms with Gasteiger partial charge >= 0.3 is 0 Å². The molecule has 1 N–H and O–H groups in total. The van der Waals surface area contributed by atoms with Crippen LogP contribution in [-0.2, 0) is 10.0 Å². The van der Waals surface area contributed by atoms with Gasteiger partial charge in [-0.15, -0.1) is 11.3 Å². The molecule has 0 atom stereocenters. The highest BCUT2D eigenvalue weighted by Crippen LogP contribution is 2.37. The number of sulfonamides is 1. The zero-order valence-corrected chi connectivity index (χ0v) is 13.0. The van der Waals surface area contributed by atoms with Gasteiger partial charge in [-0.25, -0.2) is 8.42 Å². The minimum atomic E-state index is -3.57. The minimum Gasteiger partial charge on any atom is -0.395 e. The summed E-state index contributed by atoms with van der Waals surface area (Å²) in [5.41, 5.74) is 0. The highest BCUT2D eigenvalue weighted by Gasteiger charge is 2.38. The molecule has 2 aromatic rings. The number of rotatable bonds is 5. The Morgan fingerprint density at radius 3 is 2.80 bits per heavy atom. The van der Waals surface area contributed by atoms with E-state index in [1.54, 1.807) is 17.5 Å². The molecule has 1 aromatic heterocycles. The van der Waals surface area contributed by atoms with Crippen LogP contribution in [0.15, 0.2) is 28.5 Å².